The number of ether oxygens (including phenoxy) is 2. The van der Waals surface area contributed by atoms with Crippen molar-refractivity contribution in [2.45, 2.75) is 58.4 Å². The van der Waals surface area contributed by atoms with E-state index in [1.54, 1.807) is 39.8 Å². The number of amides is 1. The number of alkyl halides is 3. The average Bonchev–Trinajstić information content (AvgIpc) is 3.51. The minimum absolute atomic E-state index is 0.0262. The van der Waals surface area contributed by atoms with Gasteiger partial charge in [-0.15, -0.1) is 0 Å². The summed E-state index contributed by atoms with van der Waals surface area (Å²) in [5, 5.41) is 0. The van der Waals surface area contributed by atoms with Crippen LogP contribution in [0.3, 0.4) is 0 Å². The number of nitrogens with zero attached hydrogens (tertiary/aromatic N) is 2. The molecule has 1 saturated carbocycles. The number of carbonyl (C=O) groups excluding carboxylic acids is 2. The van der Waals surface area contributed by atoms with Gasteiger partial charge in [0.05, 0.1) is 36.5 Å². The number of rotatable bonds is 6. The molecule has 1 fully saturated rings. The van der Waals surface area contributed by atoms with Crippen LogP contribution in [0.1, 0.15) is 56.9 Å². The van der Waals surface area contributed by atoms with Gasteiger partial charge in [0.25, 0.3) is 0 Å². The molecular weight excluding hydrogens is 517 g/mol. The maximum atomic E-state index is 13.1. The van der Waals surface area contributed by atoms with Crippen LogP contribution in [0.15, 0.2) is 41.0 Å². The van der Waals surface area contributed by atoms with E-state index in [4.69, 9.17) is 9.47 Å². The molecule has 1 amide bonds. The van der Waals surface area contributed by atoms with E-state index in [1.807, 2.05) is 0 Å². The quantitative estimate of drug-likeness (QED) is 0.391. The Morgan fingerprint density at radius 3 is 2.41 bits per heavy atom. The molecule has 1 aromatic carbocycles. The standard InChI is InChI=1S/C24H26BrF3N2O4/c1-5-33-21(31)17-11-16(17)20-9-7-15(12-29-20)30(22(32)34-23(2,3)4)13-14-6-8-18(19(25)10-14)24(26,27)28/h6-10,12,16-17H,5,11,13H2,1-4H3/t16-,17?/m0/s1. The zero-order valence-corrected chi connectivity index (χ0v) is 20.9. The van der Waals surface area contributed by atoms with Gasteiger partial charge in [-0.2, -0.15) is 13.2 Å². The van der Waals surface area contributed by atoms with Crippen LogP contribution < -0.4 is 4.90 Å². The summed E-state index contributed by atoms with van der Waals surface area (Å²) in [5.74, 6) is -0.500. The third-order valence-electron chi connectivity index (χ3n) is 5.14. The van der Waals surface area contributed by atoms with Gasteiger partial charge < -0.3 is 9.47 Å². The second-order valence-electron chi connectivity index (χ2n) is 9.02. The summed E-state index contributed by atoms with van der Waals surface area (Å²) in [6.45, 7) is 7.22. The minimum Gasteiger partial charge on any atom is -0.466 e. The lowest BCUT2D eigenvalue weighted by atomic mass is 10.1. The number of carbonyl (C=O) groups is 2. The van der Waals surface area contributed by atoms with E-state index in [9.17, 15) is 22.8 Å². The Labute approximate surface area is 204 Å². The number of esters is 1. The zero-order chi connectivity index (χ0) is 25.3. The summed E-state index contributed by atoms with van der Waals surface area (Å²) in [6.07, 6.45) is -3.00. The highest BCUT2D eigenvalue weighted by molar-refractivity contribution is 9.10. The van der Waals surface area contributed by atoms with E-state index < -0.39 is 23.4 Å². The first kappa shape index (κ1) is 26.0. The van der Waals surface area contributed by atoms with Gasteiger partial charge in [0, 0.05) is 16.1 Å². The van der Waals surface area contributed by atoms with Crippen LogP contribution >= 0.6 is 15.9 Å². The molecule has 0 aliphatic heterocycles. The predicted octanol–water partition coefficient (Wildman–Crippen LogP) is 6.47. The van der Waals surface area contributed by atoms with Crippen molar-refractivity contribution in [3.05, 3.63) is 57.8 Å². The molecule has 6 nitrogen and oxygen atoms in total. The average molecular weight is 543 g/mol. The highest BCUT2D eigenvalue weighted by Crippen LogP contribution is 2.47. The van der Waals surface area contributed by atoms with Gasteiger partial charge in [0.1, 0.15) is 5.60 Å². The molecule has 0 bridgehead atoms. The van der Waals surface area contributed by atoms with E-state index in [1.165, 1.54) is 23.2 Å². The van der Waals surface area contributed by atoms with Gasteiger partial charge in [0.2, 0.25) is 0 Å². The molecule has 0 spiro atoms. The number of hydrogen-bond acceptors (Lipinski definition) is 5. The van der Waals surface area contributed by atoms with Crippen molar-refractivity contribution in [1.29, 1.82) is 0 Å². The largest absolute Gasteiger partial charge is 0.466 e. The first-order valence-electron chi connectivity index (χ1n) is 10.8. The number of hydrogen-bond donors (Lipinski definition) is 0. The van der Waals surface area contributed by atoms with Crippen molar-refractivity contribution >= 4 is 33.7 Å². The summed E-state index contributed by atoms with van der Waals surface area (Å²) in [7, 11) is 0. The molecule has 3 rings (SSSR count). The van der Waals surface area contributed by atoms with Crippen molar-refractivity contribution in [3.63, 3.8) is 0 Å². The van der Waals surface area contributed by atoms with Crippen LogP contribution in [0.4, 0.5) is 23.7 Å². The highest BCUT2D eigenvalue weighted by atomic mass is 79.9. The Balaban J connectivity index is 1.83. The minimum atomic E-state index is -4.49. The summed E-state index contributed by atoms with van der Waals surface area (Å²) in [6, 6.07) is 7.04. The van der Waals surface area contributed by atoms with Gasteiger partial charge >= 0.3 is 18.2 Å². The SMILES string of the molecule is CCOC(=O)C1C[C@@H]1c1ccc(N(Cc2ccc(C(F)(F)F)c(Br)c2)C(=O)OC(C)(C)C)cn1. The molecule has 1 unspecified atom stereocenters. The Kier molecular flexibility index (Phi) is 7.59. The molecule has 1 aliphatic rings. The lowest BCUT2D eigenvalue weighted by Crippen LogP contribution is -2.36. The zero-order valence-electron chi connectivity index (χ0n) is 19.3. The molecule has 184 valence electrons. The van der Waals surface area contributed by atoms with Crippen LogP contribution in [-0.2, 0) is 27.0 Å². The van der Waals surface area contributed by atoms with Crippen LogP contribution in [-0.4, -0.2) is 29.3 Å². The Bertz CT molecular complexity index is 1050. The molecule has 0 N–H and O–H groups in total. The van der Waals surface area contributed by atoms with Crippen molar-refractivity contribution in [2.75, 3.05) is 11.5 Å². The van der Waals surface area contributed by atoms with Gasteiger partial charge in [-0.05, 0) is 63.9 Å². The van der Waals surface area contributed by atoms with Gasteiger partial charge in [-0.1, -0.05) is 22.0 Å². The fraction of sp³-hybridized carbons (Fsp3) is 0.458. The lowest BCUT2D eigenvalue weighted by molar-refractivity contribution is -0.144. The number of benzene rings is 1. The van der Waals surface area contributed by atoms with Crippen LogP contribution in [0.5, 0.6) is 0 Å². The van der Waals surface area contributed by atoms with E-state index >= 15 is 0 Å². The number of pyridine rings is 1. The molecule has 1 aromatic heterocycles. The number of anilines is 1. The van der Waals surface area contributed by atoms with Gasteiger partial charge in [-0.3, -0.25) is 14.7 Å². The number of aromatic nitrogens is 1. The molecule has 0 saturated heterocycles. The van der Waals surface area contributed by atoms with Crippen molar-refractivity contribution in [1.82, 2.24) is 4.98 Å². The van der Waals surface area contributed by atoms with E-state index in [-0.39, 0.29) is 28.8 Å². The Hall–Kier alpha value is -2.62. The fourth-order valence-corrected chi connectivity index (χ4v) is 4.11. The second-order valence-corrected chi connectivity index (χ2v) is 9.87. The third kappa shape index (κ3) is 6.49. The van der Waals surface area contributed by atoms with Crippen molar-refractivity contribution in [3.8, 4) is 0 Å². The number of halogens is 4. The maximum Gasteiger partial charge on any atom is 0.417 e. The molecule has 2 aromatic rings. The monoisotopic (exact) mass is 542 g/mol. The first-order chi connectivity index (χ1) is 15.8. The molecule has 34 heavy (non-hydrogen) atoms. The van der Waals surface area contributed by atoms with Gasteiger partial charge in [0.15, 0.2) is 0 Å². The fourth-order valence-electron chi connectivity index (χ4n) is 3.46. The van der Waals surface area contributed by atoms with Crippen LogP contribution in [0.25, 0.3) is 0 Å². The van der Waals surface area contributed by atoms with E-state index in [0.29, 0.717) is 30.0 Å². The Morgan fingerprint density at radius 2 is 1.88 bits per heavy atom. The molecule has 10 heteroatoms. The highest BCUT2D eigenvalue weighted by Gasteiger charge is 2.46. The summed E-state index contributed by atoms with van der Waals surface area (Å²) >= 11 is 2.97. The second kappa shape index (κ2) is 9.93. The van der Waals surface area contributed by atoms with Crippen LogP contribution in [0, 0.1) is 5.92 Å². The predicted molar refractivity (Wildman–Crippen MR) is 123 cm³/mol. The van der Waals surface area contributed by atoms with Crippen molar-refractivity contribution in [2.24, 2.45) is 5.92 Å². The maximum absolute atomic E-state index is 13.1. The Morgan fingerprint density at radius 1 is 1.18 bits per heavy atom. The van der Waals surface area contributed by atoms with Crippen LogP contribution in [0.2, 0.25) is 0 Å². The van der Waals surface area contributed by atoms with Crippen molar-refractivity contribution < 1.29 is 32.2 Å². The molecule has 2 atom stereocenters. The normalized spacial score (nSPS) is 17.8. The smallest absolute Gasteiger partial charge is 0.417 e. The van der Waals surface area contributed by atoms with E-state index in [2.05, 4.69) is 20.9 Å². The first-order valence-corrected chi connectivity index (χ1v) is 11.6. The molecule has 0 radical (unpaired) electrons. The summed E-state index contributed by atoms with van der Waals surface area (Å²) in [4.78, 5) is 30.6. The van der Waals surface area contributed by atoms with E-state index in [0.717, 1.165) is 6.07 Å². The molecular formula is C24H26BrF3N2O4. The lowest BCUT2D eigenvalue weighted by Gasteiger charge is -2.27. The topological polar surface area (TPSA) is 68.7 Å². The molecule has 1 heterocycles. The summed E-state index contributed by atoms with van der Waals surface area (Å²) < 4.78 is 49.7. The molecule has 1 aliphatic carbocycles. The van der Waals surface area contributed by atoms with Gasteiger partial charge in [-0.25, -0.2) is 4.79 Å². The summed E-state index contributed by atoms with van der Waals surface area (Å²) in [5.41, 5.74) is 0.0289. The third-order valence-corrected chi connectivity index (χ3v) is 5.79.